The van der Waals surface area contributed by atoms with Gasteiger partial charge in [-0.1, -0.05) is 11.6 Å². The molecule has 106 valence electrons. The van der Waals surface area contributed by atoms with Gasteiger partial charge < -0.3 is 15.4 Å². The number of hydrogen-bond donors (Lipinski definition) is 3. The molecule has 8 heteroatoms. The van der Waals surface area contributed by atoms with Gasteiger partial charge in [-0.2, -0.15) is 0 Å². The van der Waals surface area contributed by atoms with E-state index in [2.05, 4.69) is 20.3 Å². The number of carboxylic acid groups (broad SMARTS) is 1. The van der Waals surface area contributed by atoms with Crippen molar-refractivity contribution in [2.45, 2.75) is 6.92 Å². The van der Waals surface area contributed by atoms with E-state index in [1.807, 2.05) is 0 Å². The summed E-state index contributed by atoms with van der Waals surface area (Å²) in [6, 6.07) is 1.49. The number of carboxylic acids is 1. The van der Waals surface area contributed by atoms with Gasteiger partial charge in [0.1, 0.15) is 23.0 Å². The SMILES string of the molecule is Cc1cc(C(=O)O)[nH]c1/C=C1\C(=O)Nc2ncnc(Cl)c21. The second-order valence-corrected chi connectivity index (χ2v) is 4.84. The van der Waals surface area contributed by atoms with Crippen LogP contribution in [-0.2, 0) is 4.79 Å². The minimum Gasteiger partial charge on any atom is -0.477 e. The van der Waals surface area contributed by atoms with Gasteiger partial charge in [-0.25, -0.2) is 14.8 Å². The van der Waals surface area contributed by atoms with E-state index < -0.39 is 5.97 Å². The molecule has 3 heterocycles. The first kappa shape index (κ1) is 13.3. The topological polar surface area (TPSA) is 108 Å². The van der Waals surface area contributed by atoms with Crippen LogP contribution in [0, 0.1) is 6.92 Å². The van der Waals surface area contributed by atoms with Gasteiger partial charge in [0.15, 0.2) is 0 Å². The molecule has 3 rings (SSSR count). The normalized spacial score (nSPS) is 15.1. The number of anilines is 1. The Balaban J connectivity index is 2.13. The maximum atomic E-state index is 12.0. The number of carbonyl (C=O) groups is 2. The van der Waals surface area contributed by atoms with E-state index in [0.29, 0.717) is 22.6 Å². The summed E-state index contributed by atoms with van der Waals surface area (Å²) in [5.74, 6) is -1.09. The molecular weight excluding hydrogens is 296 g/mol. The smallest absolute Gasteiger partial charge is 0.352 e. The van der Waals surface area contributed by atoms with Crippen molar-refractivity contribution < 1.29 is 14.7 Å². The first-order valence-corrected chi connectivity index (χ1v) is 6.32. The van der Waals surface area contributed by atoms with E-state index >= 15 is 0 Å². The molecule has 1 aliphatic rings. The Bertz CT molecular complexity index is 810. The minimum absolute atomic E-state index is 0.0494. The molecule has 0 aromatic carbocycles. The van der Waals surface area contributed by atoms with Gasteiger partial charge in [-0.3, -0.25) is 4.79 Å². The number of nitrogens with one attached hydrogen (secondary N) is 2. The van der Waals surface area contributed by atoms with Gasteiger partial charge >= 0.3 is 5.97 Å². The zero-order chi connectivity index (χ0) is 15.1. The number of amides is 1. The fraction of sp³-hybridized carbons (Fsp3) is 0.0769. The molecule has 0 fully saturated rings. The zero-order valence-corrected chi connectivity index (χ0v) is 11.5. The lowest BCUT2D eigenvalue weighted by Gasteiger charge is -1.99. The molecule has 0 aliphatic carbocycles. The van der Waals surface area contributed by atoms with Crippen molar-refractivity contribution in [3.63, 3.8) is 0 Å². The molecule has 3 N–H and O–H groups in total. The summed E-state index contributed by atoms with van der Waals surface area (Å²) in [5, 5.41) is 11.7. The molecule has 1 amide bonds. The van der Waals surface area contributed by atoms with Crippen molar-refractivity contribution in [1.82, 2.24) is 15.0 Å². The molecule has 21 heavy (non-hydrogen) atoms. The number of nitrogens with zero attached hydrogens (tertiary/aromatic N) is 2. The van der Waals surface area contributed by atoms with Crippen LogP contribution in [0.1, 0.15) is 27.3 Å². The van der Waals surface area contributed by atoms with Crippen LogP contribution in [0.25, 0.3) is 11.6 Å². The predicted octanol–water partition coefficient (Wildman–Crippen LogP) is 1.96. The first-order chi connectivity index (χ1) is 9.97. The van der Waals surface area contributed by atoms with E-state index in [4.69, 9.17) is 16.7 Å². The molecule has 7 nitrogen and oxygen atoms in total. The third-order valence-corrected chi connectivity index (χ3v) is 3.41. The molecule has 0 atom stereocenters. The van der Waals surface area contributed by atoms with Crippen molar-refractivity contribution in [2.75, 3.05) is 5.32 Å². The van der Waals surface area contributed by atoms with Crippen LogP contribution in [0.5, 0.6) is 0 Å². The summed E-state index contributed by atoms with van der Waals surface area (Å²) >= 11 is 6.00. The number of aromatic nitrogens is 3. The minimum atomic E-state index is -1.07. The highest BCUT2D eigenvalue weighted by Crippen LogP contribution is 2.35. The molecular formula is C13H9ClN4O3. The Labute approximate surface area is 123 Å². The fourth-order valence-electron chi connectivity index (χ4n) is 2.11. The Morgan fingerprint density at radius 3 is 2.86 bits per heavy atom. The van der Waals surface area contributed by atoms with Crippen molar-refractivity contribution in [3.8, 4) is 0 Å². The Morgan fingerprint density at radius 1 is 1.43 bits per heavy atom. The Hall–Kier alpha value is -2.67. The number of carbonyl (C=O) groups excluding carboxylic acids is 1. The number of aromatic carboxylic acids is 1. The molecule has 2 aromatic heterocycles. The van der Waals surface area contributed by atoms with Crippen LogP contribution in [0.2, 0.25) is 5.15 Å². The van der Waals surface area contributed by atoms with Crippen LogP contribution < -0.4 is 5.32 Å². The highest BCUT2D eigenvalue weighted by Gasteiger charge is 2.29. The van der Waals surface area contributed by atoms with Crippen molar-refractivity contribution in [3.05, 3.63) is 40.1 Å². The number of hydrogen-bond acceptors (Lipinski definition) is 4. The fourth-order valence-corrected chi connectivity index (χ4v) is 2.34. The van der Waals surface area contributed by atoms with E-state index in [0.717, 1.165) is 0 Å². The molecule has 0 spiro atoms. The molecule has 0 bridgehead atoms. The number of aromatic amines is 1. The summed E-state index contributed by atoms with van der Waals surface area (Å²) in [5.41, 5.74) is 1.97. The molecule has 0 saturated heterocycles. The number of fused-ring (bicyclic) bond motifs is 1. The maximum absolute atomic E-state index is 12.0. The molecule has 0 unspecified atom stereocenters. The van der Waals surface area contributed by atoms with Gasteiger partial charge in [0.05, 0.1) is 11.1 Å². The van der Waals surface area contributed by atoms with Crippen molar-refractivity contribution in [1.29, 1.82) is 0 Å². The quantitative estimate of drug-likeness (QED) is 0.580. The van der Waals surface area contributed by atoms with Gasteiger partial charge in [-0.15, -0.1) is 0 Å². The highest BCUT2D eigenvalue weighted by molar-refractivity contribution is 6.40. The Morgan fingerprint density at radius 2 is 2.19 bits per heavy atom. The number of rotatable bonds is 2. The molecule has 2 aromatic rings. The van der Waals surface area contributed by atoms with Crippen LogP contribution in [0.3, 0.4) is 0 Å². The number of H-pyrrole nitrogens is 1. The maximum Gasteiger partial charge on any atom is 0.352 e. The molecule has 0 saturated carbocycles. The third-order valence-electron chi connectivity index (χ3n) is 3.12. The summed E-state index contributed by atoms with van der Waals surface area (Å²) in [6.07, 6.45) is 2.80. The summed E-state index contributed by atoms with van der Waals surface area (Å²) in [4.78, 5) is 33.5. The summed E-state index contributed by atoms with van der Waals surface area (Å²) < 4.78 is 0. The van der Waals surface area contributed by atoms with Crippen LogP contribution in [0.15, 0.2) is 12.4 Å². The predicted molar refractivity (Wildman–Crippen MR) is 76.0 cm³/mol. The Kier molecular flexibility index (Phi) is 2.99. The van der Waals surface area contributed by atoms with Gasteiger partial charge in [0.25, 0.3) is 5.91 Å². The van der Waals surface area contributed by atoms with Gasteiger partial charge in [0.2, 0.25) is 0 Å². The average Bonchev–Trinajstić information content (AvgIpc) is 2.93. The third kappa shape index (κ3) is 2.17. The van der Waals surface area contributed by atoms with Gasteiger partial charge in [-0.05, 0) is 24.6 Å². The van der Waals surface area contributed by atoms with Crippen molar-refractivity contribution in [2.24, 2.45) is 0 Å². The van der Waals surface area contributed by atoms with Gasteiger partial charge in [0, 0.05) is 5.69 Å². The largest absolute Gasteiger partial charge is 0.477 e. The first-order valence-electron chi connectivity index (χ1n) is 5.94. The second kappa shape index (κ2) is 4.71. The lowest BCUT2D eigenvalue weighted by atomic mass is 10.1. The van der Waals surface area contributed by atoms with E-state index in [1.165, 1.54) is 18.5 Å². The van der Waals surface area contributed by atoms with Crippen LogP contribution >= 0.6 is 11.6 Å². The van der Waals surface area contributed by atoms with Crippen molar-refractivity contribution >= 4 is 40.9 Å². The number of aryl methyl sites for hydroxylation is 1. The van der Waals surface area contributed by atoms with E-state index in [-0.39, 0.29) is 22.3 Å². The molecule has 1 aliphatic heterocycles. The summed E-state index contributed by atoms with van der Waals surface area (Å²) in [6.45, 7) is 1.74. The van der Waals surface area contributed by atoms with E-state index in [1.54, 1.807) is 6.92 Å². The van der Waals surface area contributed by atoms with Crippen LogP contribution in [0.4, 0.5) is 5.82 Å². The lowest BCUT2D eigenvalue weighted by Crippen LogP contribution is -2.04. The zero-order valence-electron chi connectivity index (χ0n) is 10.8. The van der Waals surface area contributed by atoms with Crippen LogP contribution in [-0.4, -0.2) is 31.9 Å². The number of halogens is 1. The second-order valence-electron chi connectivity index (χ2n) is 4.49. The highest BCUT2D eigenvalue weighted by atomic mass is 35.5. The summed E-state index contributed by atoms with van der Waals surface area (Å²) in [7, 11) is 0. The monoisotopic (exact) mass is 304 g/mol. The standard InChI is InChI=1S/C13H9ClN4O3/c1-5-2-8(13(20)21)17-7(5)3-6-9-10(14)15-4-16-11(9)18-12(6)19/h2-4,17H,1H3,(H,20,21)(H,15,16,18,19)/b6-3-. The lowest BCUT2D eigenvalue weighted by molar-refractivity contribution is -0.110. The molecule has 0 radical (unpaired) electrons. The average molecular weight is 305 g/mol. The van der Waals surface area contributed by atoms with E-state index in [9.17, 15) is 9.59 Å².